The number of hydrogen-bond donors (Lipinski definition) is 1. The number of imidazole rings is 1. The Bertz CT molecular complexity index is 1260. The number of hydrogen-bond acceptors (Lipinski definition) is 7. The molecule has 1 atom stereocenters. The van der Waals surface area contributed by atoms with Gasteiger partial charge in [-0.25, -0.2) is 4.98 Å². The van der Waals surface area contributed by atoms with E-state index in [0.717, 1.165) is 19.3 Å². The summed E-state index contributed by atoms with van der Waals surface area (Å²) >= 11 is 6.76. The van der Waals surface area contributed by atoms with Crippen LogP contribution in [0.25, 0.3) is 11.0 Å². The van der Waals surface area contributed by atoms with E-state index >= 15 is 0 Å². The van der Waals surface area contributed by atoms with Crippen LogP contribution in [0.5, 0.6) is 5.75 Å². The first-order chi connectivity index (χ1) is 17.4. The summed E-state index contributed by atoms with van der Waals surface area (Å²) in [6.07, 6.45) is 8.94. The second-order valence-electron chi connectivity index (χ2n) is 8.94. The number of halogens is 1. The molecule has 190 valence electrons. The van der Waals surface area contributed by atoms with Gasteiger partial charge in [-0.1, -0.05) is 17.7 Å². The number of likely N-dealkylation sites (N-methyl/N-ethyl adjacent to an activating group) is 1. The van der Waals surface area contributed by atoms with Crippen LogP contribution in [-0.2, 0) is 4.79 Å². The van der Waals surface area contributed by atoms with Crippen molar-refractivity contribution >= 4 is 40.4 Å². The average Bonchev–Trinajstić information content (AvgIpc) is 3.05. The van der Waals surface area contributed by atoms with Crippen LogP contribution in [0.2, 0.25) is 5.02 Å². The highest BCUT2D eigenvalue weighted by Gasteiger charge is 2.28. The number of benzene rings is 1. The fourth-order valence-corrected chi connectivity index (χ4v) is 4.66. The Morgan fingerprint density at radius 3 is 2.81 bits per heavy atom. The van der Waals surface area contributed by atoms with E-state index in [9.17, 15) is 9.59 Å². The molecule has 0 aliphatic carbocycles. The number of anilines is 1. The van der Waals surface area contributed by atoms with E-state index in [2.05, 4.69) is 15.5 Å². The zero-order valence-electron chi connectivity index (χ0n) is 20.6. The van der Waals surface area contributed by atoms with Crippen LogP contribution in [0, 0.1) is 0 Å². The van der Waals surface area contributed by atoms with Crippen molar-refractivity contribution in [2.75, 3.05) is 46.2 Å². The van der Waals surface area contributed by atoms with Crippen LogP contribution in [0.1, 0.15) is 35.7 Å². The highest BCUT2D eigenvalue weighted by atomic mass is 35.5. The lowest BCUT2D eigenvalue weighted by Crippen LogP contribution is -2.34. The van der Waals surface area contributed by atoms with Gasteiger partial charge in [-0.05, 0) is 51.6 Å². The lowest BCUT2D eigenvalue weighted by molar-refractivity contribution is -0.126. The van der Waals surface area contributed by atoms with Crippen molar-refractivity contribution in [2.45, 2.75) is 25.3 Å². The fourth-order valence-electron chi connectivity index (χ4n) is 4.33. The summed E-state index contributed by atoms with van der Waals surface area (Å²) in [5.41, 5.74) is 1.63. The number of amides is 2. The van der Waals surface area contributed by atoms with Gasteiger partial charge in [-0.15, -0.1) is 0 Å². The minimum atomic E-state index is -0.363. The van der Waals surface area contributed by atoms with Gasteiger partial charge < -0.3 is 19.1 Å². The monoisotopic (exact) mass is 511 g/mol. The van der Waals surface area contributed by atoms with Gasteiger partial charge in [0.15, 0.2) is 0 Å². The van der Waals surface area contributed by atoms with E-state index in [1.54, 1.807) is 25.3 Å². The summed E-state index contributed by atoms with van der Waals surface area (Å²) in [6.45, 7) is 1.81. The Morgan fingerprint density at radius 1 is 1.25 bits per heavy atom. The number of carbonyl (C=O) groups is 2. The molecule has 3 heterocycles. The molecule has 1 unspecified atom stereocenters. The SMILES string of the molecule is COc1ccc2nc(NC(=O)c3ccnnc3)n(C3CCCCN(C(=O)C=CCN(C)C)C3)c2c1Cl. The van der Waals surface area contributed by atoms with Crippen molar-refractivity contribution in [3.8, 4) is 5.75 Å². The smallest absolute Gasteiger partial charge is 0.259 e. The van der Waals surface area contributed by atoms with Crippen molar-refractivity contribution in [3.05, 3.63) is 53.3 Å². The van der Waals surface area contributed by atoms with Crippen molar-refractivity contribution in [1.82, 2.24) is 29.5 Å². The zero-order chi connectivity index (χ0) is 25.7. The molecule has 1 aromatic carbocycles. The molecular weight excluding hydrogens is 482 g/mol. The van der Waals surface area contributed by atoms with Crippen LogP contribution in [0.4, 0.5) is 5.95 Å². The Balaban J connectivity index is 1.73. The third-order valence-corrected chi connectivity index (χ3v) is 6.47. The van der Waals surface area contributed by atoms with Gasteiger partial charge in [0, 0.05) is 25.7 Å². The molecule has 1 aliphatic rings. The summed E-state index contributed by atoms with van der Waals surface area (Å²) in [4.78, 5) is 34.5. The fraction of sp³-hybridized carbons (Fsp3) is 0.400. The second-order valence-corrected chi connectivity index (χ2v) is 9.32. The van der Waals surface area contributed by atoms with E-state index in [0.29, 0.717) is 53.0 Å². The maximum atomic E-state index is 13.0. The highest BCUT2D eigenvalue weighted by molar-refractivity contribution is 6.36. The van der Waals surface area contributed by atoms with Gasteiger partial charge in [0.05, 0.1) is 42.1 Å². The molecule has 4 rings (SSSR count). The van der Waals surface area contributed by atoms with Crippen molar-refractivity contribution in [3.63, 3.8) is 0 Å². The summed E-state index contributed by atoms with van der Waals surface area (Å²) < 4.78 is 7.38. The number of rotatable bonds is 7. The van der Waals surface area contributed by atoms with Crippen molar-refractivity contribution in [2.24, 2.45) is 0 Å². The number of fused-ring (bicyclic) bond motifs is 1. The summed E-state index contributed by atoms with van der Waals surface area (Å²) in [5, 5.41) is 10.8. The summed E-state index contributed by atoms with van der Waals surface area (Å²) in [6, 6.07) is 4.99. The third-order valence-electron chi connectivity index (χ3n) is 6.10. The Kier molecular flexibility index (Phi) is 8.17. The van der Waals surface area contributed by atoms with Crippen LogP contribution in [-0.4, -0.2) is 82.2 Å². The van der Waals surface area contributed by atoms with Gasteiger partial charge >= 0.3 is 0 Å². The van der Waals surface area contributed by atoms with Gasteiger partial charge in [-0.3, -0.25) is 14.9 Å². The molecule has 1 saturated heterocycles. The molecule has 10 nitrogen and oxygen atoms in total. The predicted octanol–water partition coefficient (Wildman–Crippen LogP) is 3.41. The molecule has 1 fully saturated rings. The molecule has 2 amide bonds. The molecule has 0 saturated carbocycles. The van der Waals surface area contributed by atoms with Gasteiger partial charge in [0.1, 0.15) is 10.8 Å². The normalized spacial score (nSPS) is 16.5. The molecule has 11 heteroatoms. The topological polar surface area (TPSA) is 105 Å². The zero-order valence-corrected chi connectivity index (χ0v) is 21.4. The minimum Gasteiger partial charge on any atom is -0.495 e. The summed E-state index contributed by atoms with van der Waals surface area (Å²) in [7, 11) is 5.46. The van der Waals surface area contributed by atoms with E-state index in [-0.39, 0.29) is 17.9 Å². The van der Waals surface area contributed by atoms with Crippen LogP contribution >= 0.6 is 11.6 Å². The third kappa shape index (κ3) is 5.66. The standard InChI is InChI=1S/C25H30ClN7O3/c1-31(2)13-6-8-21(34)32-14-5-4-7-18(16-32)33-23-19(9-10-20(36-3)22(23)26)29-25(33)30-24(35)17-11-12-27-28-15-17/h6,8-12,15,18H,4-5,7,13-14,16H2,1-3H3,(H,29,30,35). The molecular formula is C25H30ClN7O3. The summed E-state index contributed by atoms with van der Waals surface area (Å²) in [5.74, 6) is 0.460. The van der Waals surface area contributed by atoms with Gasteiger partial charge in [0.25, 0.3) is 5.91 Å². The number of likely N-dealkylation sites (tertiary alicyclic amines) is 1. The number of aromatic nitrogens is 4. The maximum Gasteiger partial charge on any atom is 0.259 e. The molecule has 2 aromatic heterocycles. The molecule has 1 aliphatic heterocycles. The molecule has 0 bridgehead atoms. The van der Waals surface area contributed by atoms with Crippen LogP contribution in [0.3, 0.4) is 0 Å². The van der Waals surface area contributed by atoms with Gasteiger partial charge in [-0.2, -0.15) is 10.2 Å². The highest BCUT2D eigenvalue weighted by Crippen LogP contribution is 2.38. The Hall–Kier alpha value is -3.50. The lowest BCUT2D eigenvalue weighted by atomic mass is 10.1. The quantitative estimate of drug-likeness (QED) is 0.484. The maximum absolute atomic E-state index is 13.0. The first-order valence-corrected chi connectivity index (χ1v) is 12.2. The molecule has 0 radical (unpaired) electrons. The molecule has 1 N–H and O–H groups in total. The van der Waals surface area contributed by atoms with Crippen molar-refractivity contribution < 1.29 is 14.3 Å². The predicted molar refractivity (Wildman–Crippen MR) is 138 cm³/mol. The second kappa shape index (κ2) is 11.5. The van der Waals surface area contributed by atoms with E-state index in [1.165, 1.54) is 12.4 Å². The first-order valence-electron chi connectivity index (χ1n) is 11.8. The first kappa shape index (κ1) is 25.6. The Labute approximate surface area is 214 Å². The largest absolute Gasteiger partial charge is 0.495 e. The van der Waals surface area contributed by atoms with Gasteiger partial charge in [0.2, 0.25) is 11.9 Å². The number of nitrogens with zero attached hydrogens (tertiary/aromatic N) is 6. The molecule has 3 aromatic rings. The number of methoxy groups -OCH3 is 1. The lowest BCUT2D eigenvalue weighted by Gasteiger charge is -2.26. The minimum absolute atomic E-state index is 0.0368. The number of nitrogens with one attached hydrogen (secondary N) is 1. The van der Waals surface area contributed by atoms with E-state index < -0.39 is 0 Å². The average molecular weight is 512 g/mol. The van der Waals surface area contributed by atoms with Crippen LogP contribution < -0.4 is 10.1 Å². The molecule has 0 spiro atoms. The van der Waals surface area contributed by atoms with Crippen LogP contribution in [0.15, 0.2) is 42.7 Å². The molecule has 36 heavy (non-hydrogen) atoms. The van der Waals surface area contributed by atoms with E-state index in [4.69, 9.17) is 21.3 Å². The number of ether oxygens (including phenoxy) is 1. The Morgan fingerprint density at radius 2 is 2.08 bits per heavy atom. The van der Waals surface area contributed by atoms with E-state index in [1.807, 2.05) is 40.6 Å². The number of carbonyl (C=O) groups excluding carboxylic acids is 2. The van der Waals surface area contributed by atoms with Crippen molar-refractivity contribution in [1.29, 1.82) is 0 Å².